The molecule has 0 aliphatic carbocycles. The molecule has 0 spiro atoms. The number of nitrogens with one attached hydrogen (secondary N) is 1. The van der Waals surface area contributed by atoms with Crippen LogP contribution in [0.4, 0.5) is 0 Å². The van der Waals surface area contributed by atoms with Crippen molar-refractivity contribution in [3.05, 3.63) is 35.9 Å². The maximum Gasteiger partial charge on any atom is 0.0465 e. The van der Waals surface area contributed by atoms with Gasteiger partial charge in [-0.2, -0.15) is 0 Å². The first-order valence-corrected chi connectivity index (χ1v) is 6.90. The molecule has 1 aromatic rings. The lowest BCUT2D eigenvalue weighted by Crippen LogP contribution is -2.42. The van der Waals surface area contributed by atoms with E-state index in [0.717, 1.165) is 26.0 Å². The van der Waals surface area contributed by atoms with E-state index in [4.69, 9.17) is 4.74 Å². The summed E-state index contributed by atoms with van der Waals surface area (Å²) in [6.07, 6.45) is 2.24. The van der Waals surface area contributed by atoms with Gasteiger partial charge in [0.1, 0.15) is 0 Å². The molecule has 102 valence electrons. The molecule has 2 atom stereocenters. The van der Waals surface area contributed by atoms with Gasteiger partial charge in [-0.1, -0.05) is 44.2 Å². The molecule has 2 heteroatoms. The lowest BCUT2D eigenvalue weighted by atomic mass is 9.68. The van der Waals surface area contributed by atoms with E-state index in [1.165, 1.54) is 5.56 Å². The van der Waals surface area contributed by atoms with Crippen molar-refractivity contribution in [2.45, 2.75) is 32.1 Å². The number of likely N-dealkylation sites (N-methyl/N-ethyl adjacent to an activating group) is 1. The van der Waals surface area contributed by atoms with E-state index in [9.17, 15) is 0 Å². The van der Waals surface area contributed by atoms with Gasteiger partial charge in [0.25, 0.3) is 0 Å². The van der Waals surface area contributed by atoms with Crippen LogP contribution in [-0.4, -0.2) is 27.3 Å². The molecule has 0 aliphatic rings. The quantitative estimate of drug-likeness (QED) is 0.764. The third-order valence-corrected chi connectivity index (χ3v) is 4.17. The van der Waals surface area contributed by atoms with Crippen molar-refractivity contribution in [3.8, 4) is 0 Å². The second kappa shape index (κ2) is 7.55. The fourth-order valence-electron chi connectivity index (χ4n) is 2.89. The molecule has 2 unspecified atom stereocenters. The van der Waals surface area contributed by atoms with Crippen molar-refractivity contribution < 1.29 is 4.74 Å². The highest BCUT2D eigenvalue weighted by Gasteiger charge is 2.35. The molecule has 0 bridgehead atoms. The Kier molecular flexibility index (Phi) is 6.37. The van der Waals surface area contributed by atoms with E-state index in [0.29, 0.717) is 5.92 Å². The normalized spacial score (nSPS) is 16.2. The zero-order valence-electron chi connectivity index (χ0n) is 12.2. The van der Waals surface area contributed by atoms with E-state index < -0.39 is 0 Å². The van der Waals surface area contributed by atoms with Crippen LogP contribution in [-0.2, 0) is 10.2 Å². The van der Waals surface area contributed by atoms with Gasteiger partial charge < -0.3 is 10.1 Å². The Balaban J connectivity index is 3.00. The molecule has 0 radical (unpaired) electrons. The Morgan fingerprint density at radius 3 is 2.44 bits per heavy atom. The Morgan fingerprint density at radius 1 is 1.28 bits per heavy atom. The number of ether oxygens (including phenoxy) is 1. The minimum Gasteiger partial charge on any atom is -0.385 e. The van der Waals surface area contributed by atoms with E-state index in [2.05, 4.69) is 49.5 Å². The van der Waals surface area contributed by atoms with Gasteiger partial charge in [-0.15, -0.1) is 0 Å². The predicted octanol–water partition coefficient (Wildman–Crippen LogP) is 3.23. The molecular weight excluding hydrogens is 222 g/mol. The Hall–Kier alpha value is -0.860. The molecule has 1 rings (SSSR count). The van der Waals surface area contributed by atoms with Gasteiger partial charge in [0, 0.05) is 25.7 Å². The van der Waals surface area contributed by atoms with Crippen LogP contribution in [0.15, 0.2) is 30.3 Å². The number of hydrogen-bond acceptors (Lipinski definition) is 2. The molecule has 0 fully saturated rings. The van der Waals surface area contributed by atoms with Crippen LogP contribution >= 0.6 is 0 Å². The minimum absolute atomic E-state index is 0.203. The highest BCUT2D eigenvalue weighted by atomic mass is 16.5. The lowest BCUT2D eigenvalue weighted by Gasteiger charge is -2.39. The van der Waals surface area contributed by atoms with Crippen molar-refractivity contribution in [1.82, 2.24) is 5.32 Å². The highest BCUT2D eigenvalue weighted by molar-refractivity contribution is 5.27. The topological polar surface area (TPSA) is 21.3 Å². The van der Waals surface area contributed by atoms with Gasteiger partial charge >= 0.3 is 0 Å². The lowest BCUT2D eigenvalue weighted by molar-refractivity contribution is 0.150. The van der Waals surface area contributed by atoms with Crippen molar-refractivity contribution in [2.24, 2.45) is 5.92 Å². The molecule has 18 heavy (non-hydrogen) atoms. The average molecular weight is 249 g/mol. The Labute approximate surface area is 112 Å². The first-order chi connectivity index (χ1) is 8.71. The summed E-state index contributed by atoms with van der Waals surface area (Å²) in [6, 6.07) is 10.9. The van der Waals surface area contributed by atoms with Gasteiger partial charge in [0.05, 0.1) is 0 Å². The SMILES string of the molecule is CCC(CNC)(c1ccccc1)C(C)CCOC. The standard InChI is InChI=1S/C16H27NO/c1-5-16(13-17-3,14(2)11-12-18-4)15-9-7-6-8-10-15/h6-10,14,17H,5,11-13H2,1-4H3. The number of benzene rings is 1. The number of rotatable bonds is 8. The molecule has 0 saturated carbocycles. The smallest absolute Gasteiger partial charge is 0.0465 e. The van der Waals surface area contributed by atoms with Crippen LogP contribution in [0.5, 0.6) is 0 Å². The summed E-state index contributed by atoms with van der Waals surface area (Å²) in [5, 5.41) is 3.37. The predicted molar refractivity (Wildman–Crippen MR) is 78.0 cm³/mol. The molecule has 0 heterocycles. The average Bonchev–Trinajstić information content (AvgIpc) is 2.43. The minimum atomic E-state index is 0.203. The van der Waals surface area contributed by atoms with Crippen LogP contribution in [0.1, 0.15) is 32.3 Å². The van der Waals surface area contributed by atoms with E-state index in [1.54, 1.807) is 7.11 Å². The van der Waals surface area contributed by atoms with Gasteiger partial charge in [-0.25, -0.2) is 0 Å². The zero-order chi connectivity index (χ0) is 13.4. The first kappa shape index (κ1) is 15.2. The number of methoxy groups -OCH3 is 1. The second-order valence-corrected chi connectivity index (χ2v) is 5.09. The first-order valence-electron chi connectivity index (χ1n) is 6.90. The number of hydrogen-bond donors (Lipinski definition) is 1. The summed E-state index contributed by atoms with van der Waals surface area (Å²) < 4.78 is 5.25. The van der Waals surface area contributed by atoms with Crippen molar-refractivity contribution in [1.29, 1.82) is 0 Å². The van der Waals surface area contributed by atoms with Gasteiger partial charge in [0.2, 0.25) is 0 Å². The van der Waals surface area contributed by atoms with Crippen LogP contribution in [0.25, 0.3) is 0 Å². The Morgan fingerprint density at radius 2 is 1.94 bits per heavy atom. The molecule has 0 saturated heterocycles. The molecule has 0 aliphatic heterocycles. The summed E-state index contributed by atoms with van der Waals surface area (Å²) in [7, 11) is 3.82. The zero-order valence-corrected chi connectivity index (χ0v) is 12.2. The largest absolute Gasteiger partial charge is 0.385 e. The molecular formula is C16H27NO. The third-order valence-electron chi connectivity index (χ3n) is 4.17. The fourth-order valence-corrected chi connectivity index (χ4v) is 2.89. The summed E-state index contributed by atoms with van der Waals surface area (Å²) in [6.45, 7) is 6.47. The molecule has 0 aromatic heterocycles. The molecule has 0 amide bonds. The van der Waals surface area contributed by atoms with E-state index >= 15 is 0 Å². The maximum absolute atomic E-state index is 5.25. The second-order valence-electron chi connectivity index (χ2n) is 5.09. The van der Waals surface area contributed by atoms with Gasteiger partial charge in [-0.3, -0.25) is 0 Å². The van der Waals surface area contributed by atoms with Crippen LogP contribution in [0.2, 0.25) is 0 Å². The molecule has 1 aromatic carbocycles. The van der Waals surface area contributed by atoms with Crippen molar-refractivity contribution in [2.75, 3.05) is 27.3 Å². The van der Waals surface area contributed by atoms with Crippen LogP contribution in [0.3, 0.4) is 0 Å². The van der Waals surface area contributed by atoms with Crippen LogP contribution < -0.4 is 5.32 Å². The van der Waals surface area contributed by atoms with Gasteiger partial charge in [0.15, 0.2) is 0 Å². The van der Waals surface area contributed by atoms with E-state index in [1.807, 2.05) is 7.05 Å². The summed E-state index contributed by atoms with van der Waals surface area (Å²) in [5.74, 6) is 0.595. The molecule has 2 nitrogen and oxygen atoms in total. The maximum atomic E-state index is 5.25. The van der Waals surface area contributed by atoms with Crippen molar-refractivity contribution >= 4 is 0 Å². The Bertz CT molecular complexity index is 325. The van der Waals surface area contributed by atoms with Crippen LogP contribution in [0, 0.1) is 5.92 Å². The summed E-state index contributed by atoms with van der Waals surface area (Å²) in [4.78, 5) is 0. The third kappa shape index (κ3) is 3.33. The summed E-state index contributed by atoms with van der Waals surface area (Å²) >= 11 is 0. The molecule has 1 N–H and O–H groups in total. The van der Waals surface area contributed by atoms with Gasteiger partial charge in [-0.05, 0) is 31.4 Å². The monoisotopic (exact) mass is 249 g/mol. The fraction of sp³-hybridized carbons (Fsp3) is 0.625. The van der Waals surface area contributed by atoms with E-state index in [-0.39, 0.29) is 5.41 Å². The summed E-state index contributed by atoms with van der Waals surface area (Å²) in [5.41, 5.74) is 1.64. The highest BCUT2D eigenvalue weighted by Crippen LogP contribution is 2.37. The van der Waals surface area contributed by atoms with Crippen molar-refractivity contribution in [3.63, 3.8) is 0 Å².